The zero-order valence-electron chi connectivity index (χ0n) is 22.2. The van der Waals surface area contributed by atoms with Gasteiger partial charge in [0.2, 0.25) is 17.6 Å². The molecule has 0 saturated carbocycles. The summed E-state index contributed by atoms with van der Waals surface area (Å²) in [5.74, 6) is -2.46. The summed E-state index contributed by atoms with van der Waals surface area (Å²) in [5, 5.41) is 10.5. The van der Waals surface area contributed by atoms with Crippen molar-refractivity contribution in [2.75, 3.05) is 11.5 Å². The van der Waals surface area contributed by atoms with E-state index in [2.05, 4.69) is 0 Å². The standard InChI is InChI=1S/C33H26N2O6/c1-19-7-6-10-24-30(19)32(39)35(31(24)38)21-15-13-20(14-16-21)27-17-25(22-8-2-4-11-26(22)34-27)33(40)41-18-29(37)23-9-3-5-12-28(23)36/h2-9,11-17,19,24,30,36H,10,18H2,1H3. The molecule has 2 heterocycles. The Balaban J connectivity index is 1.27. The second kappa shape index (κ2) is 10.5. The number of hydrogen-bond acceptors (Lipinski definition) is 7. The number of anilines is 1. The lowest BCUT2D eigenvalue weighted by Crippen LogP contribution is -2.31. The number of aromatic hydroxyl groups is 1. The summed E-state index contributed by atoms with van der Waals surface area (Å²) in [7, 11) is 0. The van der Waals surface area contributed by atoms with Crippen LogP contribution in [0.3, 0.4) is 0 Å². The zero-order valence-corrected chi connectivity index (χ0v) is 22.2. The highest BCUT2D eigenvalue weighted by Crippen LogP contribution is 2.40. The van der Waals surface area contributed by atoms with Gasteiger partial charge in [-0.15, -0.1) is 0 Å². The molecule has 1 aliphatic heterocycles. The number of phenols is 1. The molecule has 1 fully saturated rings. The molecular formula is C33H26N2O6. The molecule has 2 aliphatic rings. The number of phenolic OH excluding ortho intramolecular Hbond substituents is 1. The van der Waals surface area contributed by atoms with Crippen molar-refractivity contribution in [3.63, 3.8) is 0 Å². The number of esters is 1. The molecule has 0 bridgehead atoms. The fourth-order valence-corrected chi connectivity index (χ4v) is 5.67. The normalized spacial score (nSPS) is 19.8. The molecule has 2 amide bonds. The van der Waals surface area contributed by atoms with E-state index in [1.54, 1.807) is 66.7 Å². The monoisotopic (exact) mass is 546 g/mol. The van der Waals surface area contributed by atoms with E-state index in [-0.39, 0.29) is 46.4 Å². The molecule has 204 valence electrons. The van der Waals surface area contributed by atoms with Crippen molar-refractivity contribution in [1.29, 1.82) is 0 Å². The average molecular weight is 547 g/mol. The number of carbonyl (C=O) groups is 4. The highest BCUT2D eigenvalue weighted by molar-refractivity contribution is 6.22. The first-order valence-electron chi connectivity index (χ1n) is 13.4. The third-order valence-electron chi connectivity index (χ3n) is 7.77. The van der Waals surface area contributed by atoms with Crippen LogP contribution in [0.4, 0.5) is 5.69 Å². The van der Waals surface area contributed by atoms with Crippen molar-refractivity contribution < 1.29 is 29.0 Å². The molecule has 1 aromatic heterocycles. The molecule has 3 aromatic carbocycles. The summed E-state index contributed by atoms with van der Waals surface area (Å²) in [6, 6.07) is 21.7. The van der Waals surface area contributed by atoms with Gasteiger partial charge in [-0.25, -0.2) is 9.78 Å². The van der Waals surface area contributed by atoms with E-state index in [4.69, 9.17) is 9.72 Å². The average Bonchev–Trinajstić information content (AvgIpc) is 3.25. The summed E-state index contributed by atoms with van der Waals surface area (Å²) in [4.78, 5) is 58.0. The molecule has 8 heteroatoms. The third-order valence-corrected chi connectivity index (χ3v) is 7.77. The number of imide groups is 1. The van der Waals surface area contributed by atoms with Crippen LogP contribution in [0, 0.1) is 17.8 Å². The van der Waals surface area contributed by atoms with Gasteiger partial charge in [0.25, 0.3) is 0 Å². The van der Waals surface area contributed by atoms with Crippen molar-refractivity contribution in [1.82, 2.24) is 4.98 Å². The Bertz CT molecular complexity index is 1740. The molecule has 3 unspecified atom stereocenters. The van der Waals surface area contributed by atoms with E-state index in [1.165, 1.54) is 17.0 Å². The van der Waals surface area contributed by atoms with Gasteiger partial charge in [-0.1, -0.05) is 61.5 Å². The van der Waals surface area contributed by atoms with Gasteiger partial charge < -0.3 is 9.84 Å². The minimum atomic E-state index is -0.705. The fourth-order valence-electron chi connectivity index (χ4n) is 5.67. The van der Waals surface area contributed by atoms with Crippen LogP contribution in [0.5, 0.6) is 5.75 Å². The maximum absolute atomic E-state index is 13.2. The van der Waals surface area contributed by atoms with Crippen LogP contribution in [0.1, 0.15) is 34.1 Å². The van der Waals surface area contributed by atoms with Gasteiger partial charge >= 0.3 is 5.97 Å². The molecule has 8 nitrogen and oxygen atoms in total. The largest absolute Gasteiger partial charge is 0.507 e. The topological polar surface area (TPSA) is 114 Å². The van der Waals surface area contributed by atoms with Gasteiger partial charge in [-0.2, -0.15) is 0 Å². The first-order chi connectivity index (χ1) is 19.8. The highest BCUT2D eigenvalue weighted by Gasteiger charge is 2.50. The highest BCUT2D eigenvalue weighted by atomic mass is 16.5. The first kappa shape index (κ1) is 26.1. The van der Waals surface area contributed by atoms with E-state index in [0.29, 0.717) is 34.3 Å². The Morgan fingerprint density at radius 1 is 0.951 bits per heavy atom. The van der Waals surface area contributed by atoms with Crippen LogP contribution in [-0.2, 0) is 14.3 Å². The number of amides is 2. The Morgan fingerprint density at radius 3 is 2.44 bits per heavy atom. The van der Waals surface area contributed by atoms with Crippen LogP contribution < -0.4 is 4.90 Å². The summed E-state index contributed by atoms with van der Waals surface area (Å²) in [5.41, 5.74) is 2.51. The summed E-state index contributed by atoms with van der Waals surface area (Å²) in [6.45, 7) is 1.42. The molecule has 6 rings (SSSR count). The first-order valence-corrected chi connectivity index (χ1v) is 13.4. The number of para-hydroxylation sites is 2. The number of nitrogens with zero attached hydrogens (tertiary/aromatic N) is 2. The second-order valence-corrected chi connectivity index (χ2v) is 10.3. The van der Waals surface area contributed by atoms with Crippen LogP contribution in [-0.4, -0.2) is 40.3 Å². The van der Waals surface area contributed by atoms with Crippen LogP contribution in [0.15, 0.2) is 91.0 Å². The number of Topliss-reactive ketones (excluding diaryl/α,β-unsaturated/α-hetero) is 1. The Morgan fingerprint density at radius 2 is 1.68 bits per heavy atom. The molecule has 1 N–H and O–H groups in total. The van der Waals surface area contributed by atoms with Crippen LogP contribution in [0.25, 0.3) is 22.2 Å². The fraction of sp³-hybridized carbons (Fsp3) is 0.182. The number of allylic oxidation sites excluding steroid dienone is 2. The van der Waals surface area contributed by atoms with E-state index in [0.717, 1.165) is 0 Å². The van der Waals surface area contributed by atoms with Gasteiger partial charge in [0.05, 0.1) is 39.9 Å². The van der Waals surface area contributed by atoms with Crippen LogP contribution in [0.2, 0.25) is 0 Å². The van der Waals surface area contributed by atoms with Crippen molar-refractivity contribution >= 4 is 40.2 Å². The molecule has 1 aliphatic carbocycles. The lowest BCUT2D eigenvalue weighted by atomic mass is 9.78. The Kier molecular flexibility index (Phi) is 6.67. The lowest BCUT2D eigenvalue weighted by molar-refractivity contribution is -0.122. The Labute approximate surface area is 235 Å². The maximum Gasteiger partial charge on any atom is 0.339 e. The summed E-state index contributed by atoms with van der Waals surface area (Å²) >= 11 is 0. The predicted octanol–water partition coefficient (Wildman–Crippen LogP) is 5.35. The van der Waals surface area contributed by atoms with Crippen molar-refractivity contribution in [2.45, 2.75) is 13.3 Å². The quantitative estimate of drug-likeness (QED) is 0.150. The summed E-state index contributed by atoms with van der Waals surface area (Å²) in [6.07, 6.45) is 4.53. The van der Waals surface area contributed by atoms with Crippen molar-refractivity contribution in [3.05, 3.63) is 102 Å². The van der Waals surface area contributed by atoms with Gasteiger partial charge in [0.15, 0.2) is 6.61 Å². The number of fused-ring (bicyclic) bond motifs is 2. The molecule has 1 saturated heterocycles. The van der Waals surface area contributed by atoms with Gasteiger partial charge in [0.1, 0.15) is 5.75 Å². The van der Waals surface area contributed by atoms with Gasteiger partial charge in [0, 0.05) is 10.9 Å². The molecule has 0 spiro atoms. The number of aromatic nitrogens is 1. The van der Waals surface area contributed by atoms with Gasteiger partial charge in [-0.3, -0.25) is 19.3 Å². The Hall–Kier alpha value is -5.11. The molecular weight excluding hydrogens is 520 g/mol. The second-order valence-electron chi connectivity index (χ2n) is 10.3. The summed E-state index contributed by atoms with van der Waals surface area (Å²) < 4.78 is 5.35. The van der Waals surface area contributed by atoms with Crippen molar-refractivity contribution in [2.24, 2.45) is 17.8 Å². The van der Waals surface area contributed by atoms with Crippen LogP contribution >= 0.6 is 0 Å². The maximum atomic E-state index is 13.2. The zero-order chi connectivity index (χ0) is 28.7. The van der Waals surface area contributed by atoms with E-state index < -0.39 is 18.4 Å². The van der Waals surface area contributed by atoms with E-state index in [9.17, 15) is 24.3 Å². The molecule has 4 aromatic rings. The number of benzene rings is 3. The molecule has 0 radical (unpaired) electrons. The molecule has 41 heavy (non-hydrogen) atoms. The van der Waals surface area contributed by atoms with E-state index in [1.807, 2.05) is 19.1 Å². The lowest BCUT2D eigenvalue weighted by Gasteiger charge is -2.22. The van der Waals surface area contributed by atoms with E-state index >= 15 is 0 Å². The number of ether oxygens (including phenoxy) is 1. The number of rotatable bonds is 6. The predicted molar refractivity (Wildman–Crippen MR) is 152 cm³/mol. The number of ketones is 1. The minimum Gasteiger partial charge on any atom is -0.507 e. The number of carbonyl (C=O) groups excluding carboxylic acids is 4. The number of pyridine rings is 1. The van der Waals surface area contributed by atoms with Crippen molar-refractivity contribution in [3.8, 4) is 17.0 Å². The SMILES string of the molecule is CC1C=CCC2C(=O)N(c3ccc(-c4cc(C(=O)OCC(=O)c5ccccc5O)c5ccccc5n4)cc3)C(=O)C12. The minimum absolute atomic E-state index is 0.00290. The number of hydrogen-bond donors (Lipinski definition) is 1. The smallest absolute Gasteiger partial charge is 0.339 e. The van der Waals surface area contributed by atoms with Gasteiger partial charge in [-0.05, 0) is 48.7 Å². The third kappa shape index (κ3) is 4.67. The molecule has 3 atom stereocenters.